The molecule has 2 heterocycles. The van der Waals surface area contributed by atoms with Crippen molar-refractivity contribution >= 4 is 23.3 Å². The number of furan rings is 1. The van der Waals surface area contributed by atoms with E-state index in [1.54, 1.807) is 30.3 Å². The normalized spacial score (nSPS) is 14.1. The van der Waals surface area contributed by atoms with Gasteiger partial charge in [-0.25, -0.2) is 0 Å². The minimum atomic E-state index is -0.274. The zero-order valence-corrected chi connectivity index (χ0v) is 19.8. The summed E-state index contributed by atoms with van der Waals surface area (Å²) in [4.78, 5) is 40.7. The Hall–Kier alpha value is -3.13. The van der Waals surface area contributed by atoms with Crippen LogP contribution in [0, 0.1) is 0 Å². The van der Waals surface area contributed by atoms with Crippen LogP contribution in [0.1, 0.15) is 67.2 Å². The smallest absolute Gasteiger partial charge is 0.287 e. The third-order valence-corrected chi connectivity index (χ3v) is 5.89. The molecule has 3 rings (SSSR count). The molecule has 1 atom stereocenters. The molecule has 0 saturated carbocycles. The summed E-state index contributed by atoms with van der Waals surface area (Å²) < 4.78 is 11.2. The van der Waals surface area contributed by atoms with Gasteiger partial charge in [-0.15, -0.1) is 0 Å². The Bertz CT molecular complexity index is 996. The van der Waals surface area contributed by atoms with Crippen LogP contribution in [0.3, 0.4) is 0 Å². The molecule has 0 spiro atoms. The van der Waals surface area contributed by atoms with E-state index in [2.05, 4.69) is 24.1 Å². The average Bonchev–Trinajstić information content (AvgIpc) is 3.27. The van der Waals surface area contributed by atoms with Gasteiger partial charge in [-0.3, -0.25) is 19.3 Å². The van der Waals surface area contributed by atoms with E-state index < -0.39 is 0 Å². The summed E-state index contributed by atoms with van der Waals surface area (Å²) in [6.07, 6.45) is 1.89. The van der Waals surface area contributed by atoms with E-state index in [9.17, 15) is 14.4 Å². The predicted molar refractivity (Wildman–Crippen MR) is 126 cm³/mol. The molecule has 1 aromatic heterocycles. The second kappa shape index (κ2) is 11.1. The van der Waals surface area contributed by atoms with E-state index in [1.807, 2.05) is 6.92 Å². The molecule has 2 aromatic rings. The van der Waals surface area contributed by atoms with Crippen molar-refractivity contribution in [3.8, 4) is 5.75 Å². The number of fused-ring (bicyclic) bond motifs is 1. The van der Waals surface area contributed by atoms with Crippen LogP contribution in [0.4, 0.5) is 5.69 Å². The van der Waals surface area contributed by atoms with Gasteiger partial charge in [-0.05, 0) is 76.7 Å². The molecule has 0 aliphatic carbocycles. The maximum atomic E-state index is 12.6. The summed E-state index contributed by atoms with van der Waals surface area (Å²) in [5, 5.41) is 2.98. The van der Waals surface area contributed by atoms with Crippen LogP contribution in [-0.4, -0.2) is 54.8 Å². The molecule has 8 nitrogen and oxygen atoms in total. The molecule has 0 saturated heterocycles. The highest BCUT2D eigenvalue weighted by molar-refractivity contribution is 6.01. The summed E-state index contributed by atoms with van der Waals surface area (Å²) in [5.41, 5.74) is 1.01. The number of ketones is 1. The Labute approximate surface area is 194 Å². The molecule has 33 heavy (non-hydrogen) atoms. The Morgan fingerprint density at radius 2 is 1.94 bits per heavy atom. The molecule has 1 aliphatic rings. The molecular formula is C25H33N3O5. The van der Waals surface area contributed by atoms with Gasteiger partial charge in [0.15, 0.2) is 18.2 Å². The first-order valence-corrected chi connectivity index (χ1v) is 11.5. The quantitative estimate of drug-likeness (QED) is 0.520. The second-order valence-electron chi connectivity index (χ2n) is 8.32. The topological polar surface area (TPSA) is 92.1 Å². The van der Waals surface area contributed by atoms with E-state index >= 15 is 0 Å². The minimum Gasteiger partial charge on any atom is -0.482 e. The fourth-order valence-electron chi connectivity index (χ4n) is 3.86. The van der Waals surface area contributed by atoms with Crippen LogP contribution in [0.25, 0.3) is 0 Å². The molecule has 1 aliphatic heterocycles. The van der Waals surface area contributed by atoms with Gasteiger partial charge in [-0.2, -0.15) is 0 Å². The highest BCUT2D eigenvalue weighted by atomic mass is 16.5. The summed E-state index contributed by atoms with van der Waals surface area (Å²) in [6.45, 7) is 10.9. The number of anilines is 1. The molecule has 0 radical (unpaired) electrons. The van der Waals surface area contributed by atoms with Gasteiger partial charge in [-0.1, -0.05) is 13.8 Å². The maximum absolute atomic E-state index is 12.6. The third-order valence-electron chi connectivity index (χ3n) is 5.89. The SMILES string of the molecule is CCN(CC)CCCC(C)NC(=O)c1ccc(CN2C(=O)COc3ccc(C(C)=O)cc32)o1. The summed E-state index contributed by atoms with van der Waals surface area (Å²) in [5.74, 6) is 0.598. The van der Waals surface area contributed by atoms with Crippen molar-refractivity contribution in [1.82, 2.24) is 10.2 Å². The molecular weight excluding hydrogens is 422 g/mol. The van der Waals surface area contributed by atoms with Crippen molar-refractivity contribution in [3.05, 3.63) is 47.4 Å². The molecule has 0 fully saturated rings. The number of nitrogens with zero attached hydrogens (tertiary/aromatic N) is 2. The second-order valence-corrected chi connectivity index (χ2v) is 8.32. The number of benzene rings is 1. The molecule has 0 bridgehead atoms. The molecule has 1 unspecified atom stereocenters. The minimum absolute atomic E-state index is 0.0271. The fourth-order valence-corrected chi connectivity index (χ4v) is 3.86. The highest BCUT2D eigenvalue weighted by Gasteiger charge is 2.27. The Kier molecular flexibility index (Phi) is 8.27. The zero-order valence-electron chi connectivity index (χ0n) is 19.8. The lowest BCUT2D eigenvalue weighted by Crippen LogP contribution is -2.38. The van der Waals surface area contributed by atoms with Crippen molar-refractivity contribution in [2.24, 2.45) is 0 Å². The van der Waals surface area contributed by atoms with Crippen molar-refractivity contribution in [1.29, 1.82) is 0 Å². The number of carbonyl (C=O) groups is 3. The van der Waals surface area contributed by atoms with Crippen molar-refractivity contribution < 1.29 is 23.5 Å². The number of carbonyl (C=O) groups excluding carboxylic acids is 3. The van der Waals surface area contributed by atoms with Crippen LogP contribution in [0.15, 0.2) is 34.7 Å². The van der Waals surface area contributed by atoms with E-state index in [1.165, 1.54) is 11.8 Å². The standard InChI is InChI=1S/C25H33N3O5/c1-5-27(6-2)13-7-8-17(3)26-25(31)23-12-10-20(33-23)15-28-21-14-19(18(4)29)9-11-22(21)32-16-24(28)30/h9-12,14,17H,5-8,13,15-16H2,1-4H3,(H,26,31). The van der Waals surface area contributed by atoms with E-state index in [4.69, 9.17) is 9.15 Å². The molecule has 1 aromatic carbocycles. The number of Topliss-reactive ketones (excluding diaryl/α,β-unsaturated/α-hetero) is 1. The zero-order chi connectivity index (χ0) is 24.0. The number of rotatable bonds is 11. The van der Waals surface area contributed by atoms with Crippen molar-refractivity contribution in [2.45, 2.75) is 53.1 Å². The van der Waals surface area contributed by atoms with Gasteiger partial charge in [0.25, 0.3) is 11.8 Å². The van der Waals surface area contributed by atoms with E-state index in [0.717, 1.165) is 32.5 Å². The first-order valence-electron chi connectivity index (χ1n) is 11.5. The number of hydrogen-bond donors (Lipinski definition) is 1. The van der Waals surface area contributed by atoms with Gasteiger partial charge < -0.3 is 19.4 Å². The lowest BCUT2D eigenvalue weighted by Gasteiger charge is -2.29. The van der Waals surface area contributed by atoms with Gasteiger partial charge in [0.2, 0.25) is 0 Å². The van der Waals surface area contributed by atoms with Gasteiger partial charge in [0.1, 0.15) is 11.5 Å². The van der Waals surface area contributed by atoms with Crippen molar-refractivity contribution in [2.75, 3.05) is 31.1 Å². The first-order chi connectivity index (χ1) is 15.8. The Balaban J connectivity index is 1.62. The number of ether oxygens (including phenoxy) is 1. The van der Waals surface area contributed by atoms with Crippen molar-refractivity contribution in [3.63, 3.8) is 0 Å². The van der Waals surface area contributed by atoms with Gasteiger partial charge >= 0.3 is 0 Å². The van der Waals surface area contributed by atoms with Crippen LogP contribution >= 0.6 is 0 Å². The van der Waals surface area contributed by atoms with Crippen LogP contribution in [0.2, 0.25) is 0 Å². The number of nitrogens with one attached hydrogen (secondary N) is 1. The molecule has 1 N–H and O–H groups in total. The van der Waals surface area contributed by atoms with E-state index in [0.29, 0.717) is 22.8 Å². The number of hydrogen-bond acceptors (Lipinski definition) is 6. The summed E-state index contributed by atoms with van der Waals surface area (Å²) in [6, 6.07) is 8.34. The highest BCUT2D eigenvalue weighted by Crippen LogP contribution is 2.34. The largest absolute Gasteiger partial charge is 0.482 e. The van der Waals surface area contributed by atoms with E-state index in [-0.39, 0.29) is 42.6 Å². The van der Waals surface area contributed by atoms with Crippen LogP contribution in [0.5, 0.6) is 5.75 Å². The van der Waals surface area contributed by atoms with Crippen LogP contribution in [-0.2, 0) is 11.3 Å². The average molecular weight is 456 g/mol. The Morgan fingerprint density at radius 1 is 1.18 bits per heavy atom. The first kappa shape index (κ1) is 24.5. The molecule has 178 valence electrons. The maximum Gasteiger partial charge on any atom is 0.287 e. The lowest BCUT2D eigenvalue weighted by atomic mass is 10.1. The molecule has 2 amide bonds. The van der Waals surface area contributed by atoms with Gasteiger partial charge in [0, 0.05) is 11.6 Å². The fraction of sp³-hybridized carbons (Fsp3) is 0.480. The number of amides is 2. The Morgan fingerprint density at radius 3 is 2.64 bits per heavy atom. The lowest BCUT2D eigenvalue weighted by molar-refractivity contribution is -0.121. The van der Waals surface area contributed by atoms with Crippen LogP contribution < -0.4 is 15.0 Å². The monoisotopic (exact) mass is 455 g/mol. The predicted octanol–water partition coefficient (Wildman–Crippen LogP) is 3.65. The third kappa shape index (κ3) is 6.22. The molecule has 8 heteroatoms. The summed E-state index contributed by atoms with van der Waals surface area (Å²) >= 11 is 0. The van der Waals surface area contributed by atoms with Gasteiger partial charge in [0.05, 0.1) is 12.2 Å². The summed E-state index contributed by atoms with van der Waals surface area (Å²) in [7, 11) is 0.